The van der Waals surface area contributed by atoms with Crippen LogP contribution in [-0.4, -0.2) is 5.78 Å². The molecule has 1 nitrogen and oxygen atoms in total. The van der Waals surface area contributed by atoms with Gasteiger partial charge in [-0.3, -0.25) is 4.79 Å². The summed E-state index contributed by atoms with van der Waals surface area (Å²) in [6, 6.07) is 17.7. The number of carbonyl (C=O) groups is 1. The van der Waals surface area contributed by atoms with Crippen LogP contribution < -0.4 is 0 Å². The molecule has 18 heavy (non-hydrogen) atoms. The summed E-state index contributed by atoms with van der Waals surface area (Å²) >= 11 is 0. The van der Waals surface area contributed by atoms with Crippen molar-refractivity contribution in [1.29, 1.82) is 0 Å². The highest BCUT2D eigenvalue weighted by Gasteiger charge is 2.25. The maximum absolute atomic E-state index is 14.2. The Bertz CT molecular complexity index is 507. The van der Waals surface area contributed by atoms with Crippen molar-refractivity contribution in [3.8, 4) is 0 Å². The van der Waals surface area contributed by atoms with E-state index in [0.717, 1.165) is 0 Å². The van der Waals surface area contributed by atoms with Gasteiger partial charge in [0.15, 0.2) is 5.78 Å². The summed E-state index contributed by atoms with van der Waals surface area (Å²) in [5, 5.41) is 0. The number of alkyl halides is 1. The minimum absolute atomic E-state index is 0.160. The zero-order chi connectivity index (χ0) is 13.0. The number of rotatable bonds is 4. The number of carbonyl (C=O) groups excluding carboxylic acids is 1. The Morgan fingerprint density at radius 3 is 2.00 bits per heavy atom. The SMILES string of the molecule is C[C@@H](C(=O)c1ccccc1)[C@@H](F)c1ccccc1. The van der Waals surface area contributed by atoms with Gasteiger partial charge >= 0.3 is 0 Å². The quantitative estimate of drug-likeness (QED) is 0.734. The molecule has 0 aromatic heterocycles. The normalized spacial score (nSPS) is 13.9. The summed E-state index contributed by atoms with van der Waals surface area (Å²) in [6.45, 7) is 1.63. The molecule has 0 amide bonds. The fourth-order valence-corrected chi connectivity index (χ4v) is 1.92. The van der Waals surface area contributed by atoms with E-state index in [1.165, 1.54) is 0 Å². The van der Waals surface area contributed by atoms with E-state index < -0.39 is 12.1 Å². The Kier molecular flexibility index (Phi) is 3.88. The standard InChI is InChI=1S/C16H15FO/c1-12(15(17)13-8-4-2-5-9-13)16(18)14-10-6-3-7-11-14/h2-12,15H,1H3/t12-,15-/m1/s1. The van der Waals surface area contributed by atoms with Crippen molar-refractivity contribution in [3.63, 3.8) is 0 Å². The van der Waals surface area contributed by atoms with Crippen molar-refractivity contribution in [2.24, 2.45) is 5.92 Å². The van der Waals surface area contributed by atoms with Crippen molar-refractivity contribution in [1.82, 2.24) is 0 Å². The third kappa shape index (κ3) is 2.65. The van der Waals surface area contributed by atoms with Crippen molar-refractivity contribution >= 4 is 5.78 Å². The Hall–Kier alpha value is -1.96. The van der Waals surface area contributed by atoms with Crippen LogP contribution >= 0.6 is 0 Å². The van der Waals surface area contributed by atoms with Crippen LogP contribution in [0.1, 0.15) is 29.0 Å². The van der Waals surface area contributed by atoms with E-state index in [4.69, 9.17) is 0 Å². The van der Waals surface area contributed by atoms with Crippen molar-refractivity contribution in [3.05, 3.63) is 71.8 Å². The predicted molar refractivity (Wildman–Crippen MR) is 70.2 cm³/mol. The summed E-state index contributed by atoms with van der Waals surface area (Å²) in [7, 11) is 0. The highest BCUT2D eigenvalue weighted by atomic mass is 19.1. The molecular weight excluding hydrogens is 227 g/mol. The van der Waals surface area contributed by atoms with Gasteiger partial charge in [-0.15, -0.1) is 0 Å². The van der Waals surface area contributed by atoms with E-state index in [-0.39, 0.29) is 5.78 Å². The maximum atomic E-state index is 14.2. The number of hydrogen-bond donors (Lipinski definition) is 0. The van der Waals surface area contributed by atoms with Crippen molar-refractivity contribution < 1.29 is 9.18 Å². The summed E-state index contributed by atoms with van der Waals surface area (Å²) in [6.07, 6.45) is -1.26. The Balaban J connectivity index is 2.17. The van der Waals surface area contributed by atoms with Gasteiger partial charge in [0.2, 0.25) is 0 Å². The fraction of sp³-hybridized carbons (Fsp3) is 0.188. The third-order valence-electron chi connectivity index (χ3n) is 3.03. The molecule has 2 aromatic carbocycles. The van der Waals surface area contributed by atoms with Crippen molar-refractivity contribution in [2.75, 3.05) is 0 Å². The molecule has 0 radical (unpaired) electrons. The molecule has 0 fully saturated rings. The summed E-state index contributed by atoms with van der Waals surface area (Å²) < 4.78 is 14.2. The van der Waals surface area contributed by atoms with Gasteiger partial charge in [-0.25, -0.2) is 4.39 Å². The first-order chi connectivity index (χ1) is 8.70. The van der Waals surface area contributed by atoms with Crippen molar-refractivity contribution in [2.45, 2.75) is 13.1 Å². The number of Topliss-reactive ketones (excluding diaryl/α,β-unsaturated/α-hetero) is 1. The van der Waals surface area contributed by atoms with Crippen LogP contribution in [0.4, 0.5) is 4.39 Å². The molecule has 0 heterocycles. The molecule has 0 aliphatic carbocycles. The molecular formula is C16H15FO. The number of ketones is 1. The highest BCUT2D eigenvalue weighted by molar-refractivity contribution is 5.98. The zero-order valence-electron chi connectivity index (χ0n) is 10.2. The van der Waals surface area contributed by atoms with Gasteiger partial charge in [0.1, 0.15) is 6.17 Å². The van der Waals surface area contributed by atoms with Crippen LogP contribution in [0.25, 0.3) is 0 Å². The molecule has 2 rings (SSSR count). The van der Waals surface area contributed by atoms with E-state index in [1.54, 1.807) is 55.5 Å². The minimum Gasteiger partial charge on any atom is -0.294 e. The predicted octanol–water partition coefficient (Wildman–Crippen LogP) is 4.22. The third-order valence-corrected chi connectivity index (χ3v) is 3.03. The van der Waals surface area contributed by atoms with Gasteiger partial charge in [-0.1, -0.05) is 67.6 Å². The Morgan fingerprint density at radius 1 is 0.944 bits per heavy atom. The Morgan fingerprint density at radius 2 is 1.44 bits per heavy atom. The smallest absolute Gasteiger partial charge is 0.168 e. The van der Waals surface area contributed by atoms with E-state index in [0.29, 0.717) is 11.1 Å². The van der Waals surface area contributed by atoms with Crippen LogP contribution in [0.5, 0.6) is 0 Å². The lowest BCUT2D eigenvalue weighted by Crippen LogP contribution is -2.17. The number of hydrogen-bond acceptors (Lipinski definition) is 1. The maximum Gasteiger partial charge on any atom is 0.168 e. The molecule has 0 spiro atoms. The van der Waals surface area contributed by atoms with Crippen LogP contribution in [0.2, 0.25) is 0 Å². The molecule has 2 heteroatoms. The molecule has 0 bridgehead atoms. The van der Waals surface area contributed by atoms with Gasteiger partial charge in [-0.05, 0) is 5.56 Å². The summed E-state index contributed by atoms with van der Waals surface area (Å²) in [5.41, 5.74) is 1.11. The zero-order valence-corrected chi connectivity index (χ0v) is 10.2. The average Bonchev–Trinajstić information content (AvgIpc) is 2.47. The molecule has 2 atom stereocenters. The lowest BCUT2D eigenvalue weighted by atomic mass is 9.91. The van der Waals surface area contributed by atoms with Gasteiger partial charge in [-0.2, -0.15) is 0 Å². The first-order valence-corrected chi connectivity index (χ1v) is 5.98. The lowest BCUT2D eigenvalue weighted by Gasteiger charge is -2.16. The molecule has 0 unspecified atom stereocenters. The van der Waals surface area contributed by atoms with Crippen LogP contribution in [0.15, 0.2) is 60.7 Å². The second-order valence-corrected chi connectivity index (χ2v) is 4.33. The number of halogens is 1. The van der Waals surface area contributed by atoms with E-state index >= 15 is 0 Å². The molecule has 2 aromatic rings. The topological polar surface area (TPSA) is 17.1 Å². The first-order valence-electron chi connectivity index (χ1n) is 5.98. The Labute approximate surface area is 106 Å². The van der Waals surface area contributed by atoms with Gasteiger partial charge < -0.3 is 0 Å². The van der Waals surface area contributed by atoms with Gasteiger partial charge in [0.05, 0.1) is 5.92 Å². The van der Waals surface area contributed by atoms with E-state index in [2.05, 4.69) is 0 Å². The van der Waals surface area contributed by atoms with Crippen LogP contribution in [0.3, 0.4) is 0 Å². The van der Waals surface area contributed by atoms with Gasteiger partial charge in [0, 0.05) is 5.56 Å². The van der Waals surface area contributed by atoms with Gasteiger partial charge in [0.25, 0.3) is 0 Å². The monoisotopic (exact) mass is 242 g/mol. The molecule has 0 aliphatic heterocycles. The fourth-order valence-electron chi connectivity index (χ4n) is 1.92. The second-order valence-electron chi connectivity index (χ2n) is 4.33. The van der Waals surface area contributed by atoms with E-state index in [9.17, 15) is 9.18 Å². The lowest BCUT2D eigenvalue weighted by molar-refractivity contribution is 0.0856. The molecule has 0 saturated carbocycles. The number of benzene rings is 2. The molecule has 0 N–H and O–H groups in total. The van der Waals surface area contributed by atoms with Crippen LogP contribution in [-0.2, 0) is 0 Å². The first kappa shape index (κ1) is 12.5. The van der Waals surface area contributed by atoms with E-state index in [1.807, 2.05) is 12.1 Å². The summed E-state index contributed by atoms with van der Waals surface area (Å²) in [5.74, 6) is -0.832. The highest BCUT2D eigenvalue weighted by Crippen LogP contribution is 2.28. The second kappa shape index (κ2) is 5.58. The summed E-state index contributed by atoms with van der Waals surface area (Å²) in [4.78, 5) is 12.1. The van der Waals surface area contributed by atoms with Crippen LogP contribution in [0, 0.1) is 5.92 Å². The average molecular weight is 242 g/mol. The molecule has 0 saturated heterocycles. The molecule has 0 aliphatic rings. The largest absolute Gasteiger partial charge is 0.294 e. The molecule has 92 valence electrons. The minimum atomic E-state index is -1.26.